The van der Waals surface area contributed by atoms with Crippen molar-refractivity contribution in [1.82, 2.24) is 19.9 Å². The van der Waals surface area contributed by atoms with Crippen LogP contribution in [0.25, 0.3) is 10.6 Å². The number of piperazine rings is 1. The number of carbonyl (C=O) groups is 1. The smallest absolute Gasteiger partial charge is 0.228 e. The maximum atomic E-state index is 12.6. The Kier molecular flexibility index (Phi) is 5.31. The van der Waals surface area contributed by atoms with E-state index in [-0.39, 0.29) is 5.91 Å². The quantitative estimate of drug-likeness (QED) is 0.674. The van der Waals surface area contributed by atoms with Gasteiger partial charge in [0.2, 0.25) is 11.9 Å². The van der Waals surface area contributed by atoms with Gasteiger partial charge in [-0.3, -0.25) is 4.79 Å². The van der Waals surface area contributed by atoms with Gasteiger partial charge >= 0.3 is 0 Å². The van der Waals surface area contributed by atoms with E-state index in [1.54, 1.807) is 18.5 Å². The molecule has 0 aliphatic carbocycles. The van der Waals surface area contributed by atoms with E-state index in [1.807, 2.05) is 34.5 Å². The molecule has 1 saturated heterocycles. The summed E-state index contributed by atoms with van der Waals surface area (Å²) in [7, 11) is 0. The second-order valence-corrected chi connectivity index (χ2v) is 7.48. The Balaban J connectivity index is 1.36. The summed E-state index contributed by atoms with van der Waals surface area (Å²) in [4.78, 5) is 29.8. The van der Waals surface area contributed by atoms with E-state index in [0.717, 1.165) is 29.4 Å². The molecule has 0 N–H and O–H groups in total. The molecule has 0 unspecified atom stereocenters. The van der Waals surface area contributed by atoms with E-state index in [2.05, 4.69) is 19.9 Å². The highest BCUT2D eigenvalue weighted by Gasteiger charge is 2.23. The van der Waals surface area contributed by atoms with Crippen molar-refractivity contribution in [3.8, 4) is 10.6 Å². The second kappa shape index (κ2) is 8.02. The molecule has 1 fully saturated rings. The van der Waals surface area contributed by atoms with Crippen LogP contribution in [0, 0.1) is 0 Å². The lowest BCUT2D eigenvalue weighted by atomic mass is 10.2. The largest absolute Gasteiger partial charge is 0.339 e. The Morgan fingerprint density at radius 3 is 2.56 bits per heavy atom. The van der Waals surface area contributed by atoms with Gasteiger partial charge in [-0.15, -0.1) is 11.3 Å². The zero-order valence-corrected chi connectivity index (χ0v) is 16.2. The number of aromatic nitrogens is 3. The van der Waals surface area contributed by atoms with Crippen molar-refractivity contribution in [2.75, 3.05) is 31.1 Å². The minimum atomic E-state index is 0.0969. The Labute approximate surface area is 166 Å². The third-order valence-corrected chi connectivity index (χ3v) is 5.71. The molecule has 0 spiro atoms. The van der Waals surface area contributed by atoms with Crippen LogP contribution in [0.3, 0.4) is 0 Å². The van der Waals surface area contributed by atoms with Gasteiger partial charge in [-0.1, -0.05) is 29.8 Å². The monoisotopic (exact) mass is 399 g/mol. The summed E-state index contributed by atoms with van der Waals surface area (Å²) in [5.74, 6) is 0.813. The Morgan fingerprint density at radius 2 is 1.81 bits per heavy atom. The molecule has 0 bridgehead atoms. The summed E-state index contributed by atoms with van der Waals surface area (Å²) < 4.78 is 0. The van der Waals surface area contributed by atoms with Crippen LogP contribution in [-0.4, -0.2) is 51.9 Å². The Morgan fingerprint density at radius 1 is 1.07 bits per heavy atom. The summed E-state index contributed by atoms with van der Waals surface area (Å²) in [6.45, 7) is 2.80. The SMILES string of the molecule is O=C(Cc1csc(-c2ccccc2Cl)n1)N1CCN(c2ncccn2)CC1. The predicted molar refractivity (Wildman–Crippen MR) is 107 cm³/mol. The number of thiazole rings is 1. The van der Waals surface area contributed by atoms with Gasteiger partial charge in [-0.25, -0.2) is 15.0 Å². The van der Waals surface area contributed by atoms with Crippen molar-refractivity contribution in [3.63, 3.8) is 0 Å². The lowest BCUT2D eigenvalue weighted by Crippen LogP contribution is -2.49. The molecule has 1 amide bonds. The number of nitrogens with zero attached hydrogens (tertiary/aromatic N) is 5. The first kappa shape index (κ1) is 17.9. The average Bonchev–Trinajstić information content (AvgIpc) is 3.17. The minimum absolute atomic E-state index is 0.0969. The molecule has 0 saturated carbocycles. The first-order valence-electron chi connectivity index (χ1n) is 8.70. The summed E-state index contributed by atoms with van der Waals surface area (Å²) in [6.07, 6.45) is 3.78. The fourth-order valence-electron chi connectivity index (χ4n) is 3.02. The van der Waals surface area contributed by atoms with Gasteiger partial charge in [-0.2, -0.15) is 0 Å². The van der Waals surface area contributed by atoms with Crippen molar-refractivity contribution >= 4 is 34.8 Å². The summed E-state index contributed by atoms with van der Waals surface area (Å²) in [6, 6.07) is 9.41. The maximum Gasteiger partial charge on any atom is 0.228 e. The maximum absolute atomic E-state index is 12.6. The summed E-state index contributed by atoms with van der Waals surface area (Å²) in [5, 5.41) is 3.45. The van der Waals surface area contributed by atoms with Crippen molar-refractivity contribution < 1.29 is 4.79 Å². The van der Waals surface area contributed by atoms with E-state index in [0.29, 0.717) is 30.5 Å². The molecule has 4 rings (SSSR count). The molecule has 0 radical (unpaired) electrons. The highest BCUT2D eigenvalue weighted by atomic mass is 35.5. The van der Waals surface area contributed by atoms with Gasteiger partial charge < -0.3 is 9.80 Å². The molecular formula is C19H18ClN5OS. The summed E-state index contributed by atoms with van der Waals surface area (Å²) >= 11 is 7.75. The number of anilines is 1. The van der Waals surface area contributed by atoms with Gasteiger partial charge in [0.25, 0.3) is 0 Å². The fraction of sp³-hybridized carbons (Fsp3) is 0.263. The Bertz CT molecular complexity index is 925. The molecule has 138 valence electrons. The number of hydrogen-bond acceptors (Lipinski definition) is 6. The third-order valence-electron chi connectivity index (χ3n) is 4.46. The topological polar surface area (TPSA) is 62.2 Å². The average molecular weight is 400 g/mol. The minimum Gasteiger partial charge on any atom is -0.339 e. The molecule has 0 atom stereocenters. The van der Waals surface area contributed by atoms with Crippen LogP contribution in [0.5, 0.6) is 0 Å². The molecule has 3 heterocycles. The molecule has 1 aliphatic rings. The van der Waals surface area contributed by atoms with Gasteiger partial charge in [-0.05, 0) is 12.1 Å². The third kappa shape index (κ3) is 4.09. The van der Waals surface area contributed by atoms with Crippen LogP contribution in [0.1, 0.15) is 5.69 Å². The molecule has 1 aliphatic heterocycles. The van der Waals surface area contributed by atoms with E-state index >= 15 is 0 Å². The van der Waals surface area contributed by atoms with Crippen molar-refractivity contribution in [1.29, 1.82) is 0 Å². The lowest BCUT2D eigenvalue weighted by Gasteiger charge is -2.34. The van der Waals surface area contributed by atoms with Crippen LogP contribution in [-0.2, 0) is 11.2 Å². The number of carbonyl (C=O) groups excluding carboxylic acids is 1. The highest BCUT2D eigenvalue weighted by Crippen LogP contribution is 2.30. The zero-order valence-electron chi connectivity index (χ0n) is 14.6. The molecule has 2 aromatic heterocycles. The molecule has 27 heavy (non-hydrogen) atoms. The first-order chi connectivity index (χ1) is 13.2. The van der Waals surface area contributed by atoms with Crippen LogP contribution in [0.4, 0.5) is 5.95 Å². The van der Waals surface area contributed by atoms with Gasteiger partial charge in [0.1, 0.15) is 5.01 Å². The van der Waals surface area contributed by atoms with Crippen LogP contribution >= 0.6 is 22.9 Å². The van der Waals surface area contributed by atoms with E-state index in [4.69, 9.17) is 11.6 Å². The van der Waals surface area contributed by atoms with Crippen molar-refractivity contribution in [3.05, 3.63) is 58.8 Å². The first-order valence-corrected chi connectivity index (χ1v) is 9.95. The fourth-order valence-corrected chi connectivity index (χ4v) is 4.16. The molecular weight excluding hydrogens is 382 g/mol. The molecule has 1 aromatic carbocycles. The van der Waals surface area contributed by atoms with E-state index in [1.165, 1.54) is 11.3 Å². The highest BCUT2D eigenvalue weighted by molar-refractivity contribution is 7.13. The standard InChI is InChI=1S/C19H18ClN5OS/c20-16-5-2-1-4-15(16)18-23-14(13-27-18)12-17(26)24-8-10-25(11-9-24)19-21-6-3-7-22-19/h1-7,13H,8-12H2. The number of amides is 1. The van der Waals surface area contributed by atoms with Crippen molar-refractivity contribution in [2.45, 2.75) is 6.42 Å². The number of rotatable bonds is 4. The van der Waals surface area contributed by atoms with Gasteiger partial charge in [0.15, 0.2) is 0 Å². The van der Waals surface area contributed by atoms with E-state index in [9.17, 15) is 4.79 Å². The van der Waals surface area contributed by atoms with Crippen LogP contribution in [0.15, 0.2) is 48.1 Å². The number of benzene rings is 1. The van der Waals surface area contributed by atoms with Crippen LogP contribution < -0.4 is 4.90 Å². The number of halogens is 1. The van der Waals surface area contributed by atoms with Gasteiger partial charge in [0, 0.05) is 49.5 Å². The molecule has 8 heteroatoms. The van der Waals surface area contributed by atoms with Crippen LogP contribution in [0.2, 0.25) is 5.02 Å². The normalized spacial score (nSPS) is 14.4. The van der Waals surface area contributed by atoms with E-state index < -0.39 is 0 Å². The summed E-state index contributed by atoms with van der Waals surface area (Å²) in [5.41, 5.74) is 1.69. The zero-order chi connectivity index (χ0) is 18.6. The Hall–Kier alpha value is -2.51. The predicted octanol–water partition coefficient (Wildman–Crippen LogP) is 3.14. The second-order valence-electron chi connectivity index (χ2n) is 6.22. The van der Waals surface area contributed by atoms with Gasteiger partial charge in [0.05, 0.1) is 17.1 Å². The molecule has 6 nitrogen and oxygen atoms in total. The number of hydrogen-bond donors (Lipinski definition) is 0. The molecule has 3 aromatic rings. The van der Waals surface area contributed by atoms with Crippen molar-refractivity contribution in [2.24, 2.45) is 0 Å². The lowest BCUT2D eigenvalue weighted by molar-refractivity contribution is -0.130.